The van der Waals surface area contributed by atoms with Crippen molar-refractivity contribution >= 4 is 21.9 Å². The Labute approximate surface area is 112 Å². The number of aliphatic carboxylic acids is 1. The Kier molecular flexibility index (Phi) is 3.51. The first-order valence-electron chi connectivity index (χ1n) is 5.86. The third-order valence-electron chi connectivity index (χ3n) is 3.10. The average Bonchev–Trinajstić information content (AvgIpc) is 2.71. The molecule has 1 N–H and O–H groups in total. The molecule has 0 atom stereocenters. The first-order valence-corrected chi connectivity index (χ1v) is 7.26. The van der Waals surface area contributed by atoms with Crippen molar-refractivity contribution in [3.05, 3.63) is 29.3 Å². The van der Waals surface area contributed by atoms with Gasteiger partial charge in [0.15, 0.2) is 0 Å². The van der Waals surface area contributed by atoms with Gasteiger partial charge in [0.05, 0.1) is 12.1 Å². The molecule has 1 heterocycles. The highest BCUT2D eigenvalue weighted by molar-refractivity contribution is 7.90. The molecule has 0 amide bonds. The minimum Gasteiger partial charge on any atom is -0.481 e. The van der Waals surface area contributed by atoms with Crippen LogP contribution in [0.2, 0.25) is 0 Å². The van der Waals surface area contributed by atoms with E-state index in [1.54, 1.807) is 18.2 Å². The maximum atomic E-state index is 12.2. The van der Waals surface area contributed by atoms with Gasteiger partial charge in [-0.15, -0.1) is 0 Å². The van der Waals surface area contributed by atoms with Crippen molar-refractivity contribution in [2.75, 3.05) is 24.9 Å². The molecular formula is C12H16N2O4S. The van der Waals surface area contributed by atoms with Crippen LogP contribution >= 0.6 is 0 Å². The van der Waals surface area contributed by atoms with Crippen LogP contribution in [0, 0.1) is 0 Å². The molecule has 0 unspecified atom stereocenters. The Hall–Kier alpha value is -1.60. The topological polar surface area (TPSA) is 77.9 Å². The van der Waals surface area contributed by atoms with Crippen molar-refractivity contribution in [3.8, 4) is 0 Å². The van der Waals surface area contributed by atoms with Crippen molar-refractivity contribution < 1.29 is 18.3 Å². The summed E-state index contributed by atoms with van der Waals surface area (Å²) in [6.07, 6.45) is 0.541. The van der Waals surface area contributed by atoms with Crippen molar-refractivity contribution in [2.24, 2.45) is 0 Å². The van der Waals surface area contributed by atoms with Gasteiger partial charge in [0.2, 0.25) is 0 Å². The molecule has 19 heavy (non-hydrogen) atoms. The van der Waals surface area contributed by atoms with Crippen LogP contribution in [-0.4, -0.2) is 44.4 Å². The maximum Gasteiger partial charge on any atom is 0.307 e. The summed E-state index contributed by atoms with van der Waals surface area (Å²) in [5.74, 6) is -0.931. The van der Waals surface area contributed by atoms with Crippen LogP contribution in [0.25, 0.3) is 0 Å². The van der Waals surface area contributed by atoms with Crippen LogP contribution in [0.3, 0.4) is 0 Å². The number of carboxylic acids is 1. The van der Waals surface area contributed by atoms with Gasteiger partial charge in [-0.1, -0.05) is 12.1 Å². The Morgan fingerprint density at radius 3 is 2.68 bits per heavy atom. The summed E-state index contributed by atoms with van der Waals surface area (Å²) in [6.45, 7) is 0.395. The number of carboxylic acid groups (broad SMARTS) is 1. The number of hydrogen-bond acceptors (Lipinski definition) is 3. The number of hydrogen-bond donors (Lipinski definition) is 1. The molecule has 104 valence electrons. The summed E-state index contributed by atoms with van der Waals surface area (Å²) in [5.41, 5.74) is 2.12. The van der Waals surface area contributed by atoms with Gasteiger partial charge in [0.1, 0.15) is 0 Å². The molecule has 0 radical (unpaired) electrons. The lowest BCUT2D eigenvalue weighted by molar-refractivity contribution is -0.136. The second kappa shape index (κ2) is 4.82. The van der Waals surface area contributed by atoms with Crippen molar-refractivity contribution in [1.29, 1.82) is 0 Å². The van der Waals surface area contributed by atoms with E-state index in [0.29, 0.717) is 24.2 Å². The zero-order valence-electron chi connectivity index (χ0n) is 10.8. The molecule has 0 saturated heterocycles. The second-order valence-corrected chi connectivity index (χ2v) is 6.71. The molecule has 0 aromatic heterocycles. The number of rotatable bonds is 4. The fourth-order valence-corrected chi connectivity index (χ4v) is 3.25. The first kappa shape index (κ1) is 13.8. The van der Waals surface area contributed by atoms with Gasteiger partial charge < -0.3 is 5.11 Å². The molecule has 0 bridgehead atoms. The van der Waals surface area contributed by atoms with Crippen LogP contribution in [-0.2, 0) is 27.8 Å². The fourth-order valence-electron chi connectivity index (χ4n) is 2.12. The van der Waals surface area contributed by atoms with Gasteiger partial charge in [-0.05, 0) is 23.6 Å². The SMILES string of the molecule is CN(C)S(=O)(=O)N1CCc2ccc(CC(=O)O)cc21. The van der Waals surface area contributed by atoms with Crippen LogP contribution < -0.4 is 4.31 Å². The lowest BCUT2D eigenvalue weighted by Crippen LogP contribution is -2.39. The van der Waals surface area contributed by atoms with E-state index in [1.165, 1.54) is 18.4 Å². The largest absolute Gasteiger partial charge is 0.481 e. The summed E-state index contributed by atoms with van der Waals surface area (Å²) in [6, 6.07) is 5.19. The van der Waals surface area contributed by atoms with E-state index >= 15 is 0 Å². The third kappa shape index (κ3) is 2.57. The summed E-state index contributed by atoms with van der Waals surface area (Å²) in [7, 11) is -0.555. The Morgan fingerprint density at radius 2 is 2.11 bits per heavy atom. The standard InChI is InChI=1S/C12H16N2O4S/c1-13(2)19(17,18)14-6-5-10-4-3-9(7-11(10)14)8-12(15)16/h3-4,7H,5-6,8H2,1-2H3,(H,15,16). The molecule has 1 aliphatic heterocycles. The van der Waals surface area contributed by atoms with E-state index in [2.05, 4.69) is 0 Å². The Balaban J connectivity index is 2.41. The van der Waals surface area contributed by atoms with E-state index < -0.39 is 16.2 Å². The van der Waals surface area contributed by atoms with Gasteiger partial charge in [-0.3, -0.25) is 9.10 Å². The number of fused-ring (bicyclic) bond motifs is 1. The van der Waals surface area contributed by atoms with Gasteiger partial charge in [-0.2, -0.15) is 12.7 Å². The van der Waals surface area contributed by atoms with Crippen LogP contribution in [0.1, 0.15) is 11.1 Å². The minimum atomic E-state index is -3.52. The van der Waals surface area contributed by atoms with E-state index in [0.717, 1.165) is 9.87 Å². The molecule has 2 rings (SSSR count). The molecule has 0 fully saturated rings. The van der Waals surface area contributed by atoms with Crippen molar-refractivity contribution in [1.82, 2.24) is 4.31 Å². The van der Waals surface area contributed by atoms with Gasteiger partial charge >= 0.3 is 16.2 Å². The highest BCUT2D eigenvalue weighted by atomic mass is 32.2. The number of anilines is 1. The Bertz CT molecular complexity index is 610. The molecule has 0 aliphatic carbocycles. The smallest absolute Gasteiger partial charge is 0.307 e. The van der Waals surface area contributed by atoms with E-state index in [-0.39, 0.29) is 6.42 Å². The molecule has 1 aliphatic rings. The number of benzene rings is 1. The Morgan fingerprint density at radius 1 is 1.42 bits per heavy atom. The third-order valence-corrected chi connectivity index (χ3v) is 4.96. The molecule has 1 aromatic rings. The fraction of sp³-hybridized carbons (Fsp3) is 0.417. The first-order chi connectivity index (χ1) is 8.82. The van der Waals surface area contributed by atoms with Gasteiger partial charge in [0, 0.05) is 20.6 Å². The summed E-state index contributed by atoms with van der Waals surface area (Å²) in [4.78, 5) is 10.7. The van der Waals surface area contributed by atoms with E-state index in [4.69, 9.17) is 5.11 Å². The predicted molar refractivity (Wildman–Crippen MR) is 71.4 cm³/mol. The normalized spacial score (nSPS) is 14.8. The van der Waals surface area contributed by atoms with Crippen LogP contribution in [0.5, 0.6) is 0 Å². The molecule has 0 spiro atoms. The minimum absolute atomic E-state index is 0.108. The highest BCUT2D eigenvalue weighted by Crippen LogP contribution is 2.32. The highest BCUT2D eigenvalue weighted by Gasteiger charge is 2.31. The van der Waals surface area contributed by atoms with Gasteiger partial charge in [0.25, 0.3) is 0 Å². The number of nitrogens with zero attached hydrogens (tertiary/aromatic N) is 2. The lowest BCUT2D eigenvalue weighted by Gasteiger charge is -2.23. The van der Waals surface area contributed by atoms with Crippen LogP contribution in [0.4, 0.5) is 5.69 Å². The molecular weight excluding hydrogens is 268 g/mol. The molecule has 7 heteroatoms. The quantitative estimate of drug-likeness (QED) is 0.872. The lowest BCUT2D eigenvalue weighted by atomic mass is 10.1. The summed E-state index contributed by atoms with van der Waals surface area (Å²) < 4.78 is 26.8. The van der Waals surface area contributed by atoms with Crippen molar-refractivity contribution in [2.45, 2.75) is 12.8 Å². The monoisotopic (exact) mass is 284 g/mol. The van der Waals surface area contributed by atoms with Crippen molar-refractivity contribution in [3.63, 3.8) is 0 Å². The summed E-state index contributed by atoms with van der Waals surface area (Å²) in [5, 5.41) is 8.79. The second-order valence-electron chi connectivity index (χ2n) is 4.65. The summed E-state index contributed by atoms with van der Waals surface area (Å²) >= 11 is 0. The van der Waals surface area contributed by atoms with Gasteiger partial charge in [-0.25, -0.2) is 0 Å². The van der Waals surface area contributed by atoms with Crippen LogP contribution in [0.15, 0.2) is 18.2 Å². The average molecular weight is 284 g/mol. The zero-order chi connectivity index (χ0) is 14.2. The predicted octanol–water partition coefficient (Wildman–Crippen LogP) is 0.483. The number of carbonyl (C=O) groups is 1. The molecule has 6 nitrogen and oxygen atoms in total. The molecule has 0 saturated carbocycles. The van der Waals surface area contributed by atoms with E-state index in [9.17, 15) is 13.2 Å². The maximum absolute atomic E-state index is 12.2. The van der Waals surface area contributed by atoms with E-state index in [1.807, 2.05) is 0 Å². The molecule has 1 aromatic carbocycles. The zero-order valence-corrected chi connectivity index (χ0v) is 11.6.